The van der Waals surface area contributed by atoms with Crippen molar-refractivity contribution < 1.29 is 4.79 Å². The van der Waals surface area contributed by atoms with Gasteiger partial charge >= 0.3 is 0 Å². The number of rotatable bonds is 4. The first-order chi connectivity index (χ1) is 11.7. The first-order valence-corrected chi connectivity index (χ1v) is 9.75. The summed E-state index contributed by atoms with van der Waals surface area (Å²) in [5, 5.41) is 3.39. The van der Waals surface area contributed by atoms with Crippen molar-refractivity contribution >= 4 is 5.91 Å². The number of nitrogens with one attached hydrogen (secondary N) is 1. The molecule has 2 saturated carbocycles. The molecule has 1 saturated heterocycles. The molecule has 130 valence electrons. The molecule has 1 aliphatic heterocycles. The van der Waals surface area contributed by atoms with Gasteiger partial charge in [0.1, 0.15) is 0 Å². The minimum absolute atomic E-state index is 0.235. The Hall–Kier alpha value is -1.35. The molecule has 1 heterocycles. The van der Waals surface area contributed by atoms with Crippen LogP contribution in [0.5, 0.6) is 0 Å². The zero-order chi connectivity index (χ0) is 16.5. The molecule has 3 heteroatoms. The maximum atomic E-state index is 12.6. The van der Waals surface area contributed by atoms with Gasteiger partial charge in [-0.25, -0.2) is 0 Å². The largest absolute Gasteiger partial charge is 0.353 e. The van der Waals surface area contributed by atoms with Crippen molar-refractivity contribution in [2.24, 2.45) is 17.8 Å². The summed E-state index contributed by atoms with van der Waals surface area (Å²) in [6.07, 6.45) is 7.36. The zero-order valence-electron chi connectivity index (χ0n) is 14.8. The molecule has 3 fully saturated rings. The third-order valence-electron chi connectivity index (χ3n) is 6.55. The summed E-state index contributed by atoms with van der Waals surface area (Å²) in [6.45, 7) is 5.23. The third kappa shape index (κ3) is 3.51. The van der Waals surface area contributed by atoms with Gasteiger partial charge in [-0.3, -0.25) is 9.69 Å². The van der Waals surface area contributed by atoms with Crippen LogP contribution >= 0.6 is 0 Å². The van der Waals surface area contributed by atoms with E-state index in [9.17, 15) is 4.79 Å². The fraction of sp³-hybridized carbons (Fsp3) is 0.667. The number of fused-ring (bicyclic) bond motifs is 2. The maximum absolute atomic E-state index is 12.6. The minimum Gasteiger partial charge on any atom is -0.353 e. The number of hydrogen-bond acceptors (Lipinski definition) is 2. The van der Waals surface area contributed by atoms with Crippen molar-refractivity contribution in [1.29, 1.82) is 0 Å². The second-order valence-corrected chi connectivity index (χ2v) is 8.33. The number of nitrogens with zero attached hydrogens (tertiary/aromatic N) is 1. The number of likely N-dealkylation sites (tertiary alicyclic amines) is 1. The molecule has 2 aliphatic carbocycles. The summed E-state index contributed by atoms with van der Waals surface area (Å²) in [6, 6.07) is 9.31. The number of hydrogen-bond donors (Lipinski definition) is 1. The van der Waals surface area contributed by atoms with Gasteiger partial charge in [-0.2, -0.15) is 0 Å². The van der Waals surface area contributed by atoms with Gasteiger partial charge in [-0.1, -0.05) is 36.2 Å². The molecule has 1 N–H and O–H groups in total. The normalized spacial score (nSPS) is 30.6. The summed E-state index contributed by atoms with van der Waals surface area (Å²) in [7, 11) is 0. The van der Waals surface area contributed by atoms with E-state index in [0.717, 1.165) is 44.3 Å². The van der Waals surface area contributed by atoms with E-state index in [1.807, 2.05) is 0 Å². The highest BCUT2D eigenvalue weighted by Gasteiger charge is 2.40. The molecule has 0 aromatic heterocycles. The van der Waals surface area contributed by atoms with Gasteiger partial charge in [-0.05, 0) is 69.5 Å². The fourth-order valence-electron chi connectivity index (χ4n) is 5.03. The monoisotopic (exact) mass is 326 g/mol. The molecule has 0 radical (unpaired) electrons. The van der Waals surface area contributed by atoms with Crippen LogP contribution in [0.15, 0.2) is 24.3 Å². The highest BCUT2D eigenvalue weighted by Crippen LogP contribution is 2.44. The average Bonchev–Trinajstić information content (AvgIpc) is 3.20. The lowest BCUT2D eigenvalue weighted by Crippen LogP contribution is -2.45. The summed E-state index contributed by atoms with van der Waals surface area (Å²) >= 11 is 0. The predicted molar refractivity (Wildman–Crippen MR) is 96.6 cm³/mol. The predicted octanol–water partition coefficient (Wildman–Crippen LogP) is 3.51. The molecule has 1 aromatic carbocycles. The Morgan fingerprint density at radius 3 is 2.46 bits per heavy atom. The fourth-order valence-corrected chi connectivity index (χ4v) is 5.03. The smallest absolute Gasteiger partial charge is 0.223 e. The van der Waals surface area contributed by atoms with Crippen molar-refractivity contribution in [3.05, 3.63) is 35.4 Å². The lowest BCUT2D eigenvalue weighted by molar-refractivity contribution is -0.127. The summed E-state index contributed by atoms with van der Waals surface area (Å²) in [5.41, 5.74) is 2.69. The van der Waals surface area contributed by atoms with E-state index >= 15 is 0 Å². The number of carbonyl (C=O) groups is 1. The highest BCUT2D eigenvalue weighted by atomic mass is 16.2. The molecule has 3 atom stereocenters. The van der Waals surface area contributed by atoms with Crippen molar-refractivity contribution in [1.82, 2.24) is 10.2 Å². The summed E-state index contributed by atoms with van der Waals surface area (Å²) < 4.78 is 0. The van der Waals surface area contributed by atoms with Crippen molar-refractivity contribution in [3.8, 4) is 0 Å². The second kappa shape index (κ2) is 6.87. The summed E-state index contributed by atoms with van der Waals surface area (Å²) in [4.78, 5) is 15.1. The van der Waals surface area contributed by atoms with Crippen LogP contribution in [0.1, 0.15) is 49.7 Å². The van der Waals surface area contributed by atoms with E-state index in [1.165, 1.54) is 36.8 Å². The topological polar surface area (TPSA) is 32.3 Å². The van der Waals surface area contributed by atoms with Crippen molar-refractivity contribution in [2.75, 3.05) is 13.1 Å². The quantitative estimate of drug-likeness (QED) is 0.918. The lowest BCUT2D eigenvalue weighted by atomic mass is 9.92. The van der Waals surface area contributed by atoms with Crippen molar-refractivity contribution in [3.63, 3.8) is 0 Å². The molecule has 4 rings (SSSR count). The Morgan fingerprint density at radius 2 is 1.83 bits per heavy atom. The number of amides is 1. The maximum Gasteiger partial charge on any atom is 0.223 e. The first kappa shape index (κ1) is 16.1. The Morgan fingerprint density at radius 1 is 1.08 bits per heavy atom. The molecule has 1 aromatic rings. The van der Waals surface area contributed by atoms with Gasteiger partial charge in [0, 0.05) is 18.5 Å². The average molecular weight is 326 g/mol. The molecular weight excluding hydrogens is 296 g/mol. The second-order valence-electron chi connectivity index (χ2n) is 8.33. The first-order valence-electron chi connectivity index (χ1n) is 9.75. The van der Waals surface area contributed by atoms with Crippen LogP contribution in [-0.2, 0) is 11.3 Å². The van der Waals surface area contributed by atoms with Gasteiger partial charge in [-0.15, -0.1) is 0 Å². The molecule has 0 unspecified atom stereocenters. The van der Waals surface area contributed by atoms with Crippen LogP contribution in [0, 0.1) is 24.7 Å². The highest BCUT2D eigenvalue weighted by molar-refractivity contribution is 5.79. The van der Waals surface area contributed by atoms with E-state index < -0.39 is 0 Å². The van der Waals surface area contributed by atoms with Gasteiger partial charge in [0.2, 0.25) is 5.91 Å². The van der Waals surface area contributed by atoms with Crippen LogP contribution in [0.4, 0.5) is 0 Å². The zero-order valence-corrected chi connectivity index (χ0v) is 14.8. The van der Waals surface area contributed by atoms with Gasteiger partial charge in [0.25, 0.3) is 0 Å². The molecular formula is C21H30N2O. The van der Waals surface area contributed by atoms with Crippen LogP contribution in [0.2, 0.25) is 0 Å². The SMILES string of the molecule is Cc1ccc(CN2CCC(C(=O)N[C@H]3C[C@H]4CC[C@H]3C4)CC2)cc1. The third-order valence-corrected chi connectivity index (χ3v) is 6.55. The summed E-state index contributed by atoms with van der Waals surface area (Å²) in [5.74, 6) is 2.25. The van der Waals surface area contributed by atoms with Crippen molar-refractivity contribution in [2.45, 2.75) is 58.0 Å². The molecule has 0 spiro atoms. The molecule has 3 aliphatic rings. The lowest BCUT2D eigenvalue weighted by Gasteiger charge is -2.32. The van der Waals surface area contributed by atoms with Gasteiger partial charge in [0.15, 0.2) is 0 Å². The number of benzene rings is 1. The number of carbonyl (C=O) groups excluding carboxylic acids is 1. The number of piperidine rings is 1. The molecule has 1 amide bonds. The Labute approximate surface area is 145 Å². The Kier molecular flexibility index (Phi) is 4.62. The van der Waals surface area contributed by atoms with Crippen LogP contribution in [-0.4, -0.2) is 29.9 Å². The minimum atomic E-state index is 0.235. The Bertz CT molecular complexity index is 574. The van der Waals surface area contributed by atoms with Gasteiger partial charge < -0.3 is 5.32 Å². The molecule has 3 nitrogen and oxygen atoms in total. The van der Waals surface area contributed by atoms with E-state index in [1.54, 1.807) is 0 Å². The van der Waals surface area contributed by atoms with Crippen LogP contribution < -0.4 is 5.32 Å². The standard InChI is InChI=1S/C21H30N2O/c1-15-2-4-16(5-3-15)14-23-10-8-18(9-11-23)21(24)22-20-13-17-6-7-19(20)12-17/h2-5,17-20H,6-14H2,1H3,(H,22,24)/t17-,19-,20-/m0/s1. The Balaban J connectivity index is 1.23. The van der Waals surface area contributed by atoms with Crippen LogP contribution in [0.3, 0.4) is 0 Å². The molecule has 24 heavy (non-hydrogen) atoms. The molecule has 2 bridgehead atoms. The van der Waals surface area contributed by atoms with Gasteiger partial charge in [0.05, 0.1) is 0 Å². The van der Waals surface area contributed by atoms with E-state index in [0.29, 0.717) is 11.9 Å². The van der Waals surface area contributed by atoms with E-state index in [2.05, 4.69) is 41.4 Å². The van der Waals surface area contributed by atoms with Crippen LogP contribution in [0.25, 0.3) is 0 Å². The van der Waals surface area contributed by atoms with E-state index in [4.69, 9.17) is 0 Å². The van der Waals surface area contributed by atoms with E-state index in [-0.39, 0.29) is 5.92 Å². The number of aryl methyl sites for hydroxylation is 1.